The zero-order valence-corrected chi connectivity index (χ0v) is 17.5. The number of hydrogen-bond donors (Lipinski definition) is 1. The fourth-order valence-corrected chi connectivity index (χ4v) is 4.72. The molecule has 1 aliphatic rings. The number of nitrogens with one attached hydrogen (secondary N) is 1. The molecule has 0 saturated heterocycles. The van der Waals surface area contributed by atoms with E-state index in [0.717, 1.165) is 28.8 Å². The van der Waals surface area contributed by atoms with Crippen molar-refractivity contribution in [2.45, 2.75) is 44.9 Å². The van der Waals surface area contributed by atoms with Gasteiger partial charge in [-0.2, -0.15) is 0 Å². The van der Waals surface area contributed by atoms with Crippen LogP contribution in [0.15, 0.2) is 35.2 Å². The number of ether oxygens (including phenoxy) is 1. The molecule has 28 heavy (non-hydrogen) atoms. The van der Waals surface area contributed by atoms with Gasteiger partial charge in [-0.3, -0.25) is 9.52 Å². The molecule has 7 heteroatoms. The van der Waals surface area contributed by atoms with Crippen molar-refractivity contribution in [3.63, 3.8) is 0 Å². The summed E-state index contributed by atoms with van der Waals surface area (Å²) in [6, 6.07) is 8.68. The average molecular weight is 403 g/mol. The zero-order valence-electron chi connectivity index (χ0n) is 16.7. The van der Waals surface area contributed by atoms with Crippen molar-refractivity contribution in [2.75, 3.05) is 23.3 Å². The second kappa shape index (κ2) is 7.83. The Balaban J connectivity index is 1.94. The fourth-order valence-electron chi connectivity index (χ4n) is 3.44. The maximum absolute atomic E-state index is 13.0. The van der Waals surface area contributed by atoms with Gasteiger partial charge in [0, 0.05) is 24.3 Å². The quantitative estimate of drug-likeness (QED) is 0.797. The number of carbonyl (C=O) groups excluding carboxylic acids is 1. The van der Waals surface area contributed by atoms with E-state index in [-0.39, 0.29) is 10.8 Å². The third kappa shape index (κ3) is 3.85. The number of rotatable bonds is 6. The lowest BCUT2D eigenvalue weighted by Gasteiger charge is -2.29. The molecule has 0 aliphatic carbocycles. The molecule has 6 nitrogen and oxygen atoms in total. The molecule has 0 unspecified atom stereocenters. The van der Waals surface area contributed by atoms with E-state index in [1.54, 1.807) is 23.1 Å². The second-order valence-electron chi connectivity index (χ2n) is 7.08. The number of amides is 1. The molecule has 0 atom stereocenters. The Bertz CT molecular complexity index is 1020. The van der Waals surface area contributed by atoms with Crippen LogP contribution in [0.2, 0.25) is 0 Å². The van der Waals surface area contributed by atoms with E-state index in [9.17, 15) is 13.2 Å². The summed E-state index contributed by atoms with van der Waals surface area (Å²) in [7, 11) is -2.35. The first-order chi connectivity index (χ1) is 13.3. The van der Waals surface area contributed by atoms with Gasteiger partial charge in [-0.25, -0.2) is 8.42 Å². The average Bonchev–Trinajstić information content (AvgIpc) is 2.65. The van der Waals surface area contributed by atoms with Crippen LogP contribution in [0.4, 0.5) is 11.4 Å². The van der Waals surface area contributed by atoms with Gasteiger partial charge in [0.15, 0.2) is 0 Å². The Morgan fingerprint density at radius 2 is 1.82 bits per heavy atom. The topological polar surface area (TPSA) is 75.7 Å². The van der Waals surface area contributed by atoms with E-state index in [1.807, 2.05) is 32.9 Å². The van der Waals surface area contributed by atoms with Crippen molar-refractivity contribution in [3.05, 3.63) is 47.0 Å². The number of benzene rings is 2. The molecule has 1 amide bonds. The first-order valence-corrected chi connectivity index (χ1v) is 10.9. The van der Waals surface area contributed by atoms with Gasteiger partial charge in [0.2, 0.25) is 5.91 Å². The van der Waals surface area contributed by atoms with Crippen LogP contribution >= 0.6 is 0 Å². The Kier molecular flexibility index (Phi) is 5.65. The molecule has 1 aliphatic heterocycles. The Labute approximate surface area is 166 Å². The number of methoxy groups -OCH3 is 1. The highest BCUT2D eigenvalue weighted by Gasteiger charge is 2.25. The van der Waals surface area contributed by atoms with Gasteiger partial charge in [-0.05, 0) is 73.7 Å². The molecule has 0 radical (unpaired) electrons. The largest absolute Gasteiger partial charge is 0.495 e. The molecule has 0 fully saturated rings. The third-order valence-electron chi connectivity index (χ3n) is 5.05. The van der Waals surface area contributed by atoms with Gasteiger partial charge in [0.05, 0.1) is 7.11 Å². The smallest absolute Gasteiger partial charge is 0.265 e. The molecule has 0 spiro atoms. The minimum absolute atomic E-state index is 0.110. The summed E-state index contributed by atoms with van der Waals surface area (Å²) in [5.41, 5.74) is 4.15. The summed E-state index contributed by atoms with van der Waals surface area (Å²) in [6.45, 7) is 6.47. The highest BCUT2D eigenvalue weighted by molar-refractivity contribution is 7.92. The number of carbonyl (C=O) groups is 1. The van der Waals surface area contributed by atoms with E-state index < -0.39 is 10.0 Å². The Morgan fingerprint density at radius 1 is 1.11 bits per heavy atom. The lowest BCUT2D eigenvalue weighted by Crippen LogP contribution is -2.35. The predicted octanol–water partition coefficient (Wildman–Crippen LogP) is 3.80. The minimum atomic E-state index is -3.81. The van der Waals surface area contributed by atoms with Crippen molar-refractivity contribution in [2.24, 2.45) is 0 Å². The normalized spacial score (nSPS) is 14.0. The summed E-state index contributed by atoms with van der Waals surface area (Å²) in [5, 5.41) is 0. The van der Waals surface area contributed by atoms with Crippen molar-refractivity contribution < 1.29 is 17.9 Å². The van der Waals surface area contributed by atoms with Gasteiger partial charge in [-0.1, -0.05) is 6.92 Å². The van der Waals surface area contributed by atoms with Crippen LogP contribution in [0, 0.1) is 13.8 Å². The predicted molar refractivity (Wildman–Crippen MR) is 111 cm³/mol. The summed E-state index contributed by atoms with van der Waals surface area (Å²) in [4.78, 5) is 14.1. The fraction of sp³-hybridized carbons (Fsp3) is 0.381. The molecule has 1 heterocycles. The van der Waals surface area contributed by atoms with E-state index in [4.69, 9.17) is 4.74 Å². The SMILES string of the molecule is CCCN1C(=O)CCc2cc(NS(=O)(=O)c3cc(C)c(C)cc3OC)ccc21. The lowest BCUT2D eigenvalue weighted by atomic mass is 10.0. The number of sulfonamides is 1. The first-order valence-electron chi connectivity index (χ1n) is 9.38. The molecular formula is C21H26N2O4S. The van der Waals surface area contributed by atoms with Crippen LogP contribution < -0.4 is 14.4 Å². The van der Waals surface area contributed by atoms with Crippen molar-refractivity contribution >= 4 is 27.3 Å². The van der Waals surface area contributed by atoms with E-state index in [2.05, 4.69) is 4.72 Å². The van der Waals surface area contributed by atoms with E-state index >= 15 is 0 Å². The van der Waals surface area contributed by atoms with Gasteiger partial charge in [0.1, 0.15) is 10.6 Å². The van der Waals surface area contributed by atoms with Crippen molar-refractivity contribution in [1.29, 1.82) is 0 Å². The monoisotopic (exact) mass is 402 g/mol. The number of hydrogen-bond acceptors (Lipinski definition) is 4. The van der Waals surface area contributed by atoms with Crippen LogP contribution in [-0.2, 0) is 21.2 Å². The molecule has 2 aromatic rings. The van der Waals surface area contributed by atoms with Crippen LogP contribution in [0.3, 0.4) is 0 Å². The molecule has 0 bridgehead atoms. The van der Waals surface area contributed by atoms with Crippen LogP contribution in [0.5, 0.6) is 5.75 Å². The lowest BCUT2D eigenvalue weighted by molar-refractivity contribution is -0.118. The highest BCUT2D eigenvalue weighted by Crippen LogP contribution is 2.33. The minimum Gasteiger partial charge on any atom is -0.495 e. The summed E-state index contributed by atoms with van der Waals surface area (Å²) in [5.74, 6) is 0.427. The molecular weight excluding hydrogens is 376 g/mol. The van der Waals surface area contributed by atoms with Crippen molar-refractivity contribution in [3.8, 4) is 5.75 Å². The van der Waals surface area contributed by atoms with E-state index in [1.165, 1.54) is 7.11 Å². The van der Waals surface area contributed by atoms with Gasteiger partial charge in [0.25, 0.3) is 10.0 Å². The maximum atomic E-state index is 13.0. The number of nitrogens with zero attached hydrogens (tertiary/aromatic N) is 1. The molecule has 3 rings (SSSR count). The molecule has 150 valence electrons. The summed E-state index contributed by atoms with van der Waals surface area (Å²) in [6.07, 6.45) is 1.91. The summed E-state index contributed by atoms with van der Waals surface area (Å²) >= 11 is 0. The van der Waals surface area contributed by atoms with Crippen LogP contribution in [-0.4, -0.2) is 28.0 Å². The number of fused-ring (bicyclic) bond motifs is 1. The van der Waals surface area contributed by atoms with Gasteiger partial charge in [-0.15, -0.1) is 0 Å². The van der Waals surface area contributed by atoms with Crippen LogP contribution in [0.1, 0.15) is 36.5 Å². The van der Waals surface area contributed by atoms with Crippen LogP contribution in [0.25, 0.3) is 0 Å². The van der Waals surface area contributed by atoms with E-state index in [0.29, 0.717) is 30.8 Å². The number of aryl methyl sites for hydroxylation is 3. The Morgan fingerprint density at radius 3 is 2.50 bits per heavy atom. The zero-order chi connectivity index (χ0) is 20.5. The van der Waals surface area contributed by atoms with Gasteiger partial charge >= 0.3 is 0 Å². The number of anilines is 2. The molecule has 1 N–H and O–H groups in total. The van der Waals surface area contributed by atoms with Crippen molar-refractivity contribution in [1.82, 2.24) is 0 Å². The second-order valence-corrected chi connectivity index (χ2v) is 8.73. The standard InChI is InChI=1S/C21H26N2O4S/c1-5-10-23-18-8-7-17(13-16(18)6-9-21(23)24)22-28(25,26)20-12-15(3)14(2)11-19(20)27-4/h7-8,11-13,22H,5-6,9-10H2,1-4H3. The Hall–Kier alpha value is -2.54. The third-order valence-corrected chi connectivity index (χ3v) is 6.45. The molecule has 2 aromatic carbocycles. The summed E-state index contributed by atoms with van der Waals surface area (Å²) < 4.78 is 33.9. The first kappa shape index (κ1) is 20.2. The maximum Gasteiger partial charge on any atom is 0.265 e. The highest BCUT2D eigenvalue weighted by atomic mass is 32.2. The molecule has 0 saturated carbocycles. The van der Waals surface area contributed by atoms with Gasteiger partial charge < -0.3 is 9.64 Å². The molecule has 0 aromatic heterocycles.